The maximum atomic E-state index is 8.47. The van der Waals surface area contributed by atoms with Crippen molar-refractivity contribution in [3.8, 4) is 11.8 Å². The minimum atomic E-state index is -0.135. The van der Waals surface area contributed by atoms with Crippen LogP contribution in [0.3, 0.4) is 0 Å². The molecule has 0 bridgehead atoms. The third kappa shape index (κ3) is 2.27. The molecule has 0 saturated carbocycles. The van der Waals surface area contributed by atoms with Crippen molar-refractivity contribution in [3.63, 3.8) is 0 Å². The van der Waals surface area contributed by atoms with Gasteiger partial charge >= 0.3 is 0 Å². The molecule has 1 aromatic carbocycles. The van der Waals surface area contributed by atoms with Crippen molar-refractivity contribution in [3.05, 3.63) is 34.3 Å². The zero-order chi connectivity index (χ0) is 8.97. The average molecular weight is 181 g/mol. The van der Waals surface area contributed by atoms with Crippen LogP contribution in [0.15, 0.2) is 18.2 Å². The maximum absolute atomic E-state index is 8.47. The molecule has 62 valence electrons. The van der Waals surface area contributed by atoms with E-state index < -0.39 is 0 Å². The van der Waals surface area contributed by atoms with Gasteiger partial charge in [0.15, 0.2) is 0 Å². The lowest BCUT2D eigenvalue weighted by molar-refractivity contribution is 0.350. The van der Waals surface area contributed by atoms with Gasteiger partial charge in [0, 0.05) is 5.56 Å². The lowest BCUT2D eigenvalue weighted by atomic mass is 10.1. The molecule has 1 N–H and O–H groups in total. The van der Waals surface area contributed by atoms with E-state index in [-0.39, 0.29) is 6.61 Å². The molecule has 0 radical (unpaired) electrons. The van der Waals surface area contributed by atoms with Crippen LogP contribution in [0.25, 0.3) is 0 Å². The molecule has 1 aromatic rings. The minimum Gasteiger partial charge on any atom is -0.384 e. The summed E-state index contributed by atoms with van der Waals surface area (Å²) in [4.78, 5) is 0. The summed E-state index contributed by atoms with van der Waals surface area (Å²) in [6, 6.07) is 5.62. The Balaban J connectivity index is 3.05. The van der Waals surface area contributed by atoms with Crippen molar-refractivity contribution < 1.29 is 5.11 Å². The van der Waals surface area contributed by atoms with Crippen molar-refractivity contribution in [2.24, 2.45) is 0 Å². The fourth-order valence-corrected chi connectivity index (χ4v) is 1.03. The summed E-state index contributed by atoms with van der Waals surface area (Å²) in [6.45, 7) is 1.84. The van der Waals surface area contributed by atoms with Gasteiger partial charge in [0.2, 0.25) is 0 Å². The Morgan fingerprint density at radius 2 is 2.25 bits per heavy atom. The van der Waals surface area contributed by atoms with E-state index in [1.165, 1.54) is 0 Å². The lowest BCUT2D eigenvalue weighted by Gasteiger charge is -1.96. The third-order valence-electron chi connectivity index (χ3n) is 1.42. The molecule has 12 heavy (non-hydrogen) atoms. The highest BCUT2D eigenvalue weighted by Crippen LogP contribution is 2.15. The van der Waals surface area contributed by atoms with Crippen LogP contribution >= 0.6 is 11.6 Å². The van der Waals surface area contributed by atoms with Crippen LogP contribution < -0.4 is 0 Å². The number of rotatable bonds is 0. The molecule has 2 heteroatoms. The molecule has 0 amide bonds. The van der Waals surface area contributed by atoms with Gasteiger partial charge in [-0.15, -0.1) is 0 Å². The second-order valence-electron chi connectivity index (χ2n) is 2.44. The van der Waals surface area contributed by atoms with Crippen molar-refractivity contribution in [1.29, 1.82) is 0 Å². The van der Waals surface area contributed by atoms with E-state index in [1.54, 1.807) is 6.07 Å². The number of hydrogen-bond acceptors (Lipinski definition) is 1. The SMILES string of the molecule is Cc1ccc(Cl)c(C#CCO)c1. The first-order valence-corrected chi connectivity index (χ1v) is 3.97. The summed E-state index contributed by atoms with van der Waals surface area (Å²) in [5.74, 6) is 5.33. The van der Waals surface area contributed by atoms with E-state index in [0.717, 1.165) is 11.1 Å². The fourth-order valence-electron chi connectivity index (χ4n) is 0.870. The predicted octanol–water partition coefficient (Wildman–Crippen LogP) is 1.99. The van der Waals surface area contributed by atoms with Crippen LogP contribution in [-0.2, 0) is 0 Å². The molecule has 0 aliphatic carbocycles. The van der Waals surface area contributed by atoms with Gasteiger partial charge in [-0.25, -0.2) is 0 Å². The quantitative estimate of drug-likeness (QED) is 0.606. The molecule has 0 aliphatic rings. The molecule has 0 unspecified atom stereocenters. The Morgan fingerprint density at radius 3 is 2.92 bits per heavy atom. The van der Waals surface area contributed by atoms with Gasteiger partial charge in [-0.2, -0.15) is 0 Å². The van der Waals surface area contributed by atoms with Crippen LogP contribution in [-0.4, -0.2) is 11.7 Å². The van der Waals surface area contributed by atoms with E-state index in [4.69, 9.17) is 16.7 Å². The molecule has 0 atom stereocenters. The molecule has 1 rings (SSSR count). The second kappa shape index (κ2) is 4.15. The summed E-state index contributed by atoms with van der Waals surface area (Å²) in [7, 11) is 0. The Kier molecular flexibility index (Phi) is 3.16. The standard InChI is InChI=1S/C10H9ClO/c1-8-4-5-10(11)9(7-8)3-2-6-12/h4-5,7,12H,6H2,1H3. The zero-order valence-electron chi connectivity index (χ0n) is 6.76. The molecule has 0 aromatic heterocycles. The predicted molar refractivity (Wildman–Crippen MR) is 50.2 cm³/mol. The average Bonchev–Trinajstić information content (AvgIpc) is 2.07. The highest BCUT2D eigenvalue weighted by Gasteiger charge is 1.95. The summed E-state index contributed by atoms with van der Waals surface area (Å²) in [5.41, 5.74) is 1.88. The van der Waals surface area contributed by atoms with Gasteiger partial charge in [0.05, 0.1) is 5.02 Å². The molecule has 0 saturated heterocycles. The first kappa shape index (κ1) is 9.12. The first-order chi connectivity index (χ1) is 5.74. The monoisotopic (exact) mass is 180 g/mol. The third-order valence-corrected chi connectivity index (χ3v) is 1.75. The second-order valence-corrected chi connectivity index (χ2v) is 2.85. The molecule has 0 aliphatic heterocycles. The smallest absolute Gasteiger partial charge is 0.104 e. The number of hydrogen-bond donors (Lipinski definition) is 1. The van der Waals surface area contributed by atoms with Crippen molar-refractivity contribution in [2.45, 2.75) is 6.92 Å². The first-order valence-electron chi connectivity index (χ1n) is 3.60. The number of halogens is 1. The lowest BCUT2D eigenvalue weighted by Crippen LogP contribution is -1.80. The van der Waals surface area contributed by atoms with Gasteiger partial charge in [-0.3, -0.25) is 0 Å². The molecular weight excluding hydrogens is 172 g/mol. The number of aliphatic hydroxyl groups excluding tert-OH is 1. The Hall–Kier alpha value is -0.970. The maximum Gasteiger partial charge on any atom is 0.104 e. The van der Waals surface area contributed by atoms with Crippen LogP contribution in [0.1, 0.15) is 11.1 Å². The topological polar surface area (TPSA) is 20.2 Å². The molecule has 1 nitrogen and oxygen atoms in total. The molecule has 0 spiro atoms. The van der Waals surface area contributed by atoms with E-state index in [1.807, 2.05) is 19.1 Å². The van der Waals surface area contributed by atoms with E-state index in [0.29, 0.717) is 5.02 Å². The van der Waals surface area contributed by atoms with Gasteiger partial charge in [-0.05, 0) is 24.6 Å². The largest absolute Gasteiger partial charge is 0.384 e. The van der Waals surface area contributed by atoms with Crippen molar-refractivity contribution in [2.75, 3.05) is 6.61 Å². The highest BCUT2D eigenvalue weighted by molar-refractivity contribution is 6.31. The highest BCUT2D eigenvalue weighted by atomic mass is 35.5. The summed E-state index contributed by atoms with van der Waals surface area (Å²) >= 11 is 5.85. The van der Waals surface area contributed by atoms with Gasteiger partial charge in [0.25, 0.3) is 0 Å². The minimum absolute atomic E-state index is 0.135. The summed E-state index contributed by atoms with van der Waals surface area (Å²) < 4.78 is 0. The zero-order valence-corrected chi connectivity index (χ0v) is 7.52. The summed E-state index contributed by atoms with van der Waals surface area (Å²) in [6.07, 6.45) is 0. The Labute approximate surface area is 77.0 Å². The van der Waals surface area contributed by atoms with E-state index >= 15 is 0 Å². The molecule has 0 fully saturated rings. The van der Waals surface area contributed by atoms with Crippen LogP contribution in [0.4, 0.5) is 0 Å². The van der Waals surface area contributed by atoms with Crippen molar-refractivity contribution >= 4 is 11.6 Å². The van der Waals surface area contributed by atoms with E-state index in [9.17, 15) is 0 Å². The molecular formula is C10H9ClO. The Morgan fingerprint density at radius 1 is 1.50 bits per heavy atom. The van der Waals surface area contributed by atoms with Gasteiger partial charge < -0.3 is 5.11 Å². The number of benzene rings is 1. The van der Waals surface area contributed by atoms with Crippen LogP contribution in [0.2, 0.25) is 5.02 Å². The van der Waals surface area contributed by atoms with E-state index in [2.05, 4.69) is 11.8 Å². The van der Waals surface area contributed by atoms with Gasteiger partial charge in [-0.1, -0.05) is 29.5 Å². The van der Waals surface area contributed by atoms with Crippen molar-refractivity contribution in [1.82, 2.24) is 0 Å². The number of aryl methyl sites for hydroxylation is 1. The normalized spacial score (nSPS) is 8.92. The summed E-state index contributed by atoms with van der Waals surface area (Å²) in [5, 5.41) is 9.10. The molecule has 0 heterocycles. The van der Waals surface area contributed by atoms with Crippen LogP contribution in [0, 0.1) is 18.8 Å². The number of aliphatic hydroxyl groups is 1. The fraction of sp³-hybridized carbons (Fsp3) is 0.200. The van der Waals surface area contributed by atoms with Gasteiger partial charge in [0.1, 0.15) is 6.61 Å². The Bertz CT molecular complexity index is 333. The van der Waals surface area contributed by atoms with Crippen LogP contribution in [0.5, 0.6) is 0 Å².